The lowest BCUT2D eigenvalue weighted by Gasteiger charge is -2.42. The third-order valence-corrected chi connectivity index (χ3v) is 6.65. The zero-order valence-electron chi connectivity index (χ0n) is 18.9. The minimum Gasteiger partial charge on any atom is -0.298 e. The molecule has 2 saturated heterocycles. The Balaban J connectivity index is 1.74. The summed E-state index contributed by atoms with van der Waals surface area (Å²) in [5.41, 5.74) is -2.75. The third-order valence-electron chi connectivity index (χ3n) is 6.65. The van der Waals surface area contributed by atoms with Crippen LogP contribution in [0.25, 0.3) is 0 Å². The van der Waals surface area contributed by atoms with Gasteiger partial charge in [0.2, 0.25) is 0 Å². The van der Waals surface area contributed by atoms with E-state index in [1.165, 1.54) is 6.20 Å². The van der Waals surface area contributed by atoms with Gasteiger partial charge in [-0.1, -0.05) is 6.07 Å². The average molecular weight is 501 g/mol. The molecule has 1 unspecified atom stereocenters. The van der Waals surface area contributed by atoms with Crippen LogP contribution in [0.2, 0.25) is 0 Å². The molecular weight excluding hydrogens is 476 g/mol. The highest BCUT2D eigenvalue weighted by Gasteiger charge is 2.41. The van der Waals surface area contributed by atoms with Gasteiger partial charge in [0, 0.05) is 43.1 Å². The molecule has 2 aliphatic heterocycles. The predicted molar refractivity (Wildman–Crippen MR) is 116 cm³/mol. The molecule has 190 valence electrons. The monoisotopic (exact) mass is 501 g/mol. The van der Waals surface area contributed by atoms with Crippen molar-refractivity contribution in [2.45, 2.75) is 44.2 Å². The molecule has 0 saturated carbocycles. The first kappa shape index (κ1) is 25.4. The van der Waals surface area contributed by atoms with Crippen LogP contribution in [0, 0.1) is 6.92 Å². The number of amides is 1. The van der Waals surface area contributed by atoms with Crippen LogP contribution in [0.1, 0.15) is 41.3 Å². The van der Waals surface area contributed by atoms with Crippen molar-refractivity contribution in [1.29, 1.82) is 0 Å². The van der Waals surface area contributed by atoms with Crippen LogP contribution >= 0.6 is 0 Å². The minimum absolute atomic E-state index is 0.00385. The molecule has 0 bridgehead atoms. The number of pyridine rings is 1. The fourth-order valence-corrected chi connectivity index (χ4v) is 4.86. The van der Waals surface area contributed by atoms with Gasteiger partial charge in [0.15, 0.2) is 0 Å². The molecule has 2 aliphatic rings. The molecule has 4 rings (SSSR count). The molecule has 2 N–H and O–H groups in total. The first-order valence-electron chi connectivity index (χ1n) is 11.1. The van der Waals surface area contributed by atoms with Crippen molar-refractivity contribution in [3.8, 4) is 0 Å². The summed E-state index contributed by atoms with van der Waals surface area (Å²) < 4.78 is 80.2. The Labute approximate surface area is 198 Å². The molecule has 0 spiro atoms. The van der Waals surface area contributed by atoms with Crippen molar-refractivity contribution in [1.82, 2.24) is 14.8 Å². The molecule has 1 aromatic heterocycles. The maximum atomic E-state index is 13.7. The van der Waals surface area contributed by atoms with Gasteiger partial charge in [-0.15, -0.1) is 0 Å². The number of alkyl halides is 6. The highest BCUT2D eigenvalue weighted by Crippen LogP contribution is 2.39. The lowest BCUT2D eigenvalue weighted by molar-refractivity contribution is -0.143. The lowest BCUT2D eigenvalue weighted by Crippen LogP contribution is -2.55. The molecule has 6 nitrogen and oxygen atoms in total. The van der Waals surface area contributed by atoms with E-state index in [1.807, 2.05) is 4.90 Å². The molecule has 2 fully saturated rings. The number of hydrogen-bond acceptors (Lipinski definition) is 5. The van der Waals surface area contributed by atoms with Crippen molar-refractivity contribution >= 4 is 11.6 Å². The third kappa shape index (κ3) is 5.29. The Morgan fingerprint density at radius 3 is 2.34 bits per heavy atom. The van der Waals surface area contributed by atoms with E-state index in [4.69, 9.17) is 5.84 Å². The standard InChI is InChI=1S/C23H25F6N5O/c1-14-19(5-2-6-31-14)20(33-9-8-32-7-3-4-17(32)13-33)21(35)34(30)18-11-15(22(24,25)26)10-16(12-18)23(27,28)29/h2,5-6,10-12,17,20H,3-4,7-9,13,30H2,1H3/t17-,20?/m1/s1. The van der Waals surface area contributed by atoms with Crippen molar-refractivity contribution in [3.05, 3.63) is 58.9 Å². The van der Waals surface area contributed by atoms with Crippen LogP contribution in [0.15, 0.2) is 36.5 Å². The van der Waals surface area contributed by atoms with Crippen molar-refractivity contribution in [2.75, 3.05) is 31.2 Å². The summed E-state index contributed by atoms with van der Waals surface area (Å²) in [5, 5.41) is 0.391. The number of piperazine rings is 1. The van der Waals surface area contributed by atoms with Gasteiger partial charge in [-0.2, -0.15) is 26.3 Å². The van der Waals surface area contributed by atoms with Gasteiger partial charge in [-0.25, -0.2) is 10.9 Å². The van der Waals surface area contributed by atoms with Crippen LogP contribution in [-0.4, -0.2) is 52.9 Å². The lowest BCUT2D eigenvalue weighted by atomic mass is 9.99. The number of rotatable bonds is 4. The molecule has 2 atom stereocenters. The van der Waals surface area contributed by atoms with E-state index in [0.717, 1.165) is 19.4 Å². The van der Waals surface area contributed by atoms with Gasteiger partial charge in [0.1, 0.15) is 6.04 Å². The van der Waals surface area contributed by atoms with Gasteiger partial charge >= 0.3 is 12.4 Å². The first-order valence-corrected chi connectivity index (χ1v) is 11.1. The van der Waals surface area contributed by atoms with Gasteiger partial charge in [-0.05, 0) is 50.6 Å². The SMILES string of the molecule is Cc1ncccc1C(C(=O)N(N)c1cc(C(F)(F)F)cc(C(F)(F)F)c1)N1CCN2CCC[C@@H]2C1. The van der Waals surface area contributed by atoms with Crippen LogP contribution < -0.4 is 10.9 Å². The van der Waals surface area contributed by atoms with E-state index in [-0.39, 0.29) is 12.1 Å². The molecule has 0 aliphatic carbocycles. The van der Waals surface area contributed by atoms with Gasteiger partial charge < -0.3 is 0 Å². The molecule has 0 radical (unpaired) electrons. The second-order valence-electron chi connectivity index (χ2n) is 8.88. The molecular formula is C23H25F6N5O. The van der Waals surface area contributed by atoms with Crippen molar-refractivity contribution in [3.63, 3.8) is 0 Å². The fraction of sp³-hybridized carbons (Fsp3) is 0.478. The first-order chi connectivity index (χ1) is 16.4. The van der Waals surface area contributed by atoms with Crippen LogP contribution in [0.3, 0.4) is 0 Å². The Bertz CT molecular complexity index is 1060. The van der Waals surface area contributed by atoms with E-state index in [9.17, 15) is 31.1 Å². The number of benzene rings is 1. The Morgan fingerprint density at radius 2 is 1.74 bits per heavy atom. The van der Waals surface area contributed by atoms with Gasteiger partial charge in [0.05, 0.1) is 16.8 Å². The zero-order chi connectivity index (χ0) is 25.5. The van der Waals surface area contributed by atoms with Crippen molar-refractivity contribution < 1.29 is 31.1 Å². The van der Waals surface area contributed by atoms with Crippen LogP contribution in [0.4, 0.5) is 32.0 Å². The minimum atomic E-state index is -5.06. The summed E-state index contributed by atoms with van der Waals surface area (Å²) in [4.78, 5) is 22.1. The number of hydrazine groups is 1. The molecule has 1 aromatic carbocycles. The smallest absolute Gasteiger partial charge is 0.298 e. The number of aromatic nitrogens is 1. The zero-order valence-corrected chi connectivity index (χ0v) is 18.9. The number of hydrogen-bond donors (Lipinski definition) is 1. The molecule has 12 heteroatoms. The number of aryl methyl sites for hydroxylation is 1. The summed E-state index contributed by atoms with van der Waals surface area (Å²) in [7, 11) is 0. The van der Waals surface area contributed by atoms with E-state index >= 15 is 0 Å². The second-order valence-corrected chi connectivity index (χ2v) is 8.88. The summed E-state index contributed by atoms with van der Waals surface area (Å²) in [5.74, 6) is 5.12. The highest BCUT2D eigenvalue weighted by atomic mass is 19.4. The summed E-state index contributed by atoms with van der Waals surface area (Å²) in [6.45, 7) is 4.35. The maximum absolute atomic E-state index is 13.7. The summed E-state index contributed by atoms with van der Waals surface area (Å²) in [6.07, 6.45) is -6.61. The van der Waals surface area contributed by atoms with Crippen LogP contribution in [-0.2, 0) is 17.1 Å². The molecule has 3 heterocycles. The van der Waals surface area contributed by atoms with Crippen molar-refractivity contribution in [2.24, 2.45) is 5.84 Å². The molecule has 1 amide bonds. The number of fused-ring (bicyclic) bond motifs is 1. The van der Waals surface area contributed by atoms with Crippen LogP contribution in [0.5, 0.6) is 0 Å². The number of carbonyl (C=O) groups excluding carboxylic acids is 1. The predicted octanol–water partition coefficient (Wildman–Crippen LogP) is 4.16. The Morgan fingerprint density at radius 1 is 1.09 bits per heavy atom. The number of carbonyl (C=O) groups is 1. The number of anilines is 1. The van der Waals surface area contributed by atoms with Gasteiger partial charge in [-0.3, -0.25) is 19.6 Å². The van der Waals surface area contributed by atoms with E-state index in [1.54, 1.807) is 19.1 Å². The quantitative estimate of drug-likeness (QED) is 0.295. The summed E-state index contributed by atoms with van der Waals surface area (Å²) in [6, 6.07) is 3.41. The number of halogens is 6. The maximum Gasteiger partial charge on any atom is 0.416 e. The largest absolute Gasteiger partial charge is 0.416 e. The van der Waals surface area contributed by atoms with E-state index < -0.39 is 41.1 Å². The Hall–Kier alpha value is -2.70. The van der Waals surface area contributed by atoms with Gasteiger partial charge in [0.25, 0.3) is 5.91 Å². The normalized spacial score (nSPS) is 20.5. The second kappa shape index (κ2) is 9.40. The van der Waals surface area contributed by atoms with E-state index in [2.05, 4.69) is 9.88 Å². The average Bonchev–Trinajstić information content (AvgIpc) is 3.26. The Kier molecular flexibility index (Phi) is 6.82. The summed E-state index contributed by atoms with van der Waals surface area (Å²) >= 11 is 0. The molecule has 35 heavy (non-hydrogen) atoms. The topological polar surface area (TPSA) is 65.7 Å². The fourth-order valence-electron chi connectivity index (χ4n) is 4.86. The highest BCUT2D eigenvalue weighted by molar-refractivity contribution is 5.97. The van der Waals surface area contributed by atoms with E-state index in [0.29, 0.717) is 48.0 Å². The molecule has 2 aromatic rings. The number of nitrogens with zero attached hydrogens (tertiary/aromatic N) is 4. The number of nitrogens with two attached hydrogens (primary N) is 1.